The van der Waals surface area contributed by atoms with Gasteiger partial charge in [0.15, 0.2) is 0 Å². The second-order valence-corrected chi connectivity index (χ2v) is 6.07. The summed E-state index contributed by atoms with van der Waals surface area (Å²) in [5.74, 6) is 0.695. The van der Waals surface area contributed by atoms with E-state index in [9.17, 15) is 0 Å². The van der Waals surface area contributed by atoms with Gasteiger partial charge in [0.25, 0.3) is 0 Å². The highest BCUT2D eigenvalue weighted by Gasteiger charge is 2.41. The Bertz CT molecular complexity index is 409. The molecule has 1 aliphatic carbocycles. The number of rotatable bonds is 6. The summed E-state index contributed by atoms with van der Waals surface area (Å²) in [5.41, 5.74) is 1.62. The Hall–Kier alpha value is -0.570. The molecule has 1 N–H and O–H groups in total. The summed E-state index contributed by atoms with van der Waals surface area (Å²) in [7, 11) is 1.74. The van der Waals surface area contributed by atoms with Gasteiger partial charge in [0.05, 0.1) is 6.61 Å². The van der Waals surface area contributed by atoms with Gasteiger partial charge >= 0.3 is 0 Å². The first kappa shape index (κ1) is 14.8. The van der Waals surface area contributed by atoms with E-state index in [0.29, 0.717) is 5.92 Å². The third-order valence-electron chi connectivity index (χ3n) is 4.53. The number of ether oxygens (including phenoxy) is 1. The van der Waals surface area contributed by atoms with Crippen molar-refractivity contribution in [2.45, 2.75) is 31.6 Å². The fourth-order valence-electron chi connectivity index (χ4n) is 3.32. The number of nitrogens with one attached hydrogen (secondary N) is 1. The zero-order chi connectivity index (χ0) is 13.7. The fourth-order valence-corrected chi connectivity index (χ4v) is 3.51. The first-order valence-electron chi connectivity index (χ1n) is 7.15. The second-order valence-electron chi connectivity index (χ2n) is 5.63. The van der Waals surface area contributed by atoms with E-state index in [4.69, 9.17) is 16.3 Å². The van der Waals surface area contributed by atoms with Gasteiger partial charge in [-0.2, -0.15) is 0 Å². The minimum atomic E-state index is 0.235. The normalized spacial score (nSPS) is 26.8. The summed E-state index contributed by atoms with van der Waals surface area (Å²) in [4.78, 5) is 0. The van der Waals surface area contributed by atoms with Crippen LogP contribution in [-0.2, 0) is 10.2 Å². The summed E-state index contributed by atoms with van der Waals surface area (Å²) < 4.78 is 5.11. The summed E-state index contributed by atoms with van der Waals surface area (Å²) >= 11 is 6.18. The molecule has 1 fully saturated rings. The van der Waals surface area contributed by atoms with E-state index in [2.05, 4.69) is 30.4 Å². The first-order chi connectivity index (χ1) is 9.19. The lowest BCUT2D eigenvalue weighted by atomic mass is 9.73. The standard InChI is InChI=1S/C16H24ClNO/c1-13-5-4-8-16(13,12-18-9-10-19-2)14-6-3-7-15(17)11-14/h3,6-7,11,13,18H,4-5,8-10,12H2,1-2H3. The maximum Gasteiger partial charge on any atom is 0.0587 e. The van der Waals surface area contributed by atoms with E-state index in [1.54, 1.807) is 7.11 Å². The average Bonchev–Trinajstić information content (AvgIpc) is 2.77. The van der Waals surface area contributed by atoms with E-state index >= 15 is 0 Å². The Balaban J connectivity index is 2.15. The van der Waals surface area contributed by atoms with Crippen molar-refractivity contribution in [2.24, 2.45) is 5.92 Å². The topological polar surface area (TPSA) is 21.3 Å². The molecule has 2 nitrogen and oxygen atoms in total. The van der Waals surface area contributed by atoms with Crippen LogP contribution in [0.5, 0.6) is 0 Å². The number of benzene rings is 1. The molecule has 0 saturated heterocycles. The largest absolute Gasteiger partial charge is 0.383 e. The van der Waals surface area contributed by atoms with Crippen LogP contribution in [0, 0.1) is 5.92 Å². The Morgan fingerprint density at radius 3 is 2.95 bits per heavy atom. The lowest BCUT2D eigenvalue weighted by Crippen LogP contribution is -2.41. The van der Waals surface area contributed by atoms with Gasteiger partial charge in [-0.3, -0.25) is 0 Å². The minimum Gasteiger partial charge on any atom is -0.383 e. The third-order valence-corrected chi connectivity index (χ3v) is 4.76. The maximum absolute atomic E-state index is 6.18. The molecule has 0 aromatic heterocycles. The zero-order valence-electron chi connectivity index (χ0n) is 11.9. The van der Waals surface area contributed by atoms with Crippen LogP contribution in [0.15, 0.2) is 24.3 Å². The molecule has 106 valence electrons. The molecule has 1 aromatic rings. The smallest absolute Gasteiger partial charge is 0.0587 e. The van der Waals surface area contributed by atoms with Crippen LogP contribution in [0.1, 0.15) is 31.7 Å². The lowest BCUT2D eigenvalue weighted by Gasteiger charge is -2.35. The van der Waals surface area contributed by atoms with E-state index in [-0.39, 0.29) is 5.41 Å². The summed E-state index contributed by atoms with van der Waals surface area (Å²) in [5, 5.41) is 4.39. The lowest BCUT2D eigenvalue weighted by molar-refractivity contribution is 0.194. The van der Waals surface area contributed by atoms with Gasteiger partial charge in [0.1, 0.15) is 0 Å². The number of hydrogen-bond donors (Lipinski definition) is 1. The quantitative estimate of drug-likeness (QED) is 0.804. The van der Waals surface area contributed by atoms with E-state index in [0.717, 1.165) is 24.7 Å². The first-order valence-corrected chi connectivity index (χ1v) is 7.52. The molecule has 1 aliphatic rings. The molecular formula is C16H24ClNO. The molecule has 0 bridgehead atoms. The summed E-state index contributed by atoms with van der Waals surface area (Å²) in [6.07, 6.45) is 3.85. The SMILES string of the molecule is COCCNCC1(c2cccc(Cl)c2)CCCC1C. The Labute approximate surface area is 121 Å². The third kappa shape index (κ3) is 3.31. The zero-order valence-corrected chi connectivity index (χ0v) is 12.7. The average molecular weight is 282 g/mol. The molecule has 1 saturated carbocycles. The summed E-state index contributed by atoms with van der Waals surface area (Å²) in [6, 6.07) is 8.39. The molecule has 0 radical (unpaired) electrons. The molecule has 0 heterocycles. The molecular weight excluding hydrogens is 258 g/mol. The van der Waals surface area contributed by atoms with Gasteiger partial charge < -0.3 is 10.1 Å². The highest BCUT2D eigenvalue weighted by atomic mass is 35.5. The highest BCUT2D eigenvalue weighted by molar-refractivity contribution is 6.30. The predicted octanol–water partition coefficient (Wildman–Crippen LogP) is 3.63. The molecule has 2 unspecified atom stereocenters. The van der Waals surface area contributed by atoms with Gasteiger partial charge in [0, 0.05) is 30.6 Å². The van der Waals surface area contributed by atoms with E-state index in [1.165, 1.54) is 24.8 Å². The van der Waals surface area contributed by atoms with Crippen molar-refractivity contribution in [1.82, 2.24) is 5.32 Å². The van der Waals surface area contributed by atoms with Crippen molar-refractivity contribution in [3.63, 3.8) is 0 Å². The van der Waals surface area contributed by atoms with Crippen LogP contribution in [0.2, 0.25) is 5.02 Å². The predicted molar refractivity (Wildman–Crippen MR) is 80.9 cm³/mol. The number of halogens is 1. The van der Waals surface area contributed by atoms with Crippen LogP contribution >= 0.6 is 11.6 Å². The van der Waals surface area contributed by atoms with Crippen molar-refractivity contribution < 1.29 is 4.74 Å². The monoisotopic (exact) mass is 281 g/mol. The molecule has 2 rings (SSSR count). The van der Waals surface area contributed by atoms with Crippen molar-refractivity contribution in [3.05, 3.63) is 34.9 Å². The number of hydrogen-bond acceptors (Lipinski definition) is 2. The summed E-state index contributed by atoms with van der Waals surface area (Å²) in [6.45, 7) is 5.05. The molecule has 19 heavy (non-hydrogen) atoms. The van der Waals surface area contributed by atoms with Gasteiger partial charge in [-0.15, -0.1) is 0 Å². The Morgan fingerprint density at radius 2 is 2.32 bits per heavy atom. The minimum absolute atomic E-state index is 0.235. The Morgan fingerprint density at radius 1 is 1.47 bits per heavy atom. The van der Waals surface area contributed by atoms with Crippen molar-refractivity contribution in [1.29, 1.82) is 0 Å². The highest BCUT2D eigenvalue weighted by Crippen LogP contribution is 2.45. The molecule has 2 atom stereocenters. The van der Waals surface area contributed by atoms with Crippen LogP contribution < -0.4 is 5.32 Å². The second kappa shape index (κ2) is 6.74. The van der Waals surface area contributed by atoms with Crippen LogP contribution in [0.25, 0.3) is 0 Å². The van der Waals surface area contributed by atoms with Crippen LogP contribution in [0.4, 0.5) is 0 Å². The van der Waals surface area contributed by atoms with Gasteiger partial charge in [0.2, 0.25) is 0 Å². The van der Waals surface area contributed by atoms with Crippen LogP contribution in [0.3, 0.4) is 0 Å². The number of methoxy groups -OCH3 is 1. The molecule has 0 aliphatic heterocycles. The van der Waals surface area contributed by atoms with E-state index < -0.39 is 0 Å². The van der Waals surface area contributed by atoms with Gasteiger partial charge in [-0.25, -0.2) is 0 Å². The molecule has 0 amide bonds. The van der Waals surface area contributed by atoms with Gasteiger partial charge in [-0.1, -0.05) is 37.1 Å². The molecule has 3 heteroatoms. The van der Waals surface area contributed by atoms with Crippen molar-refractivity contribution >= 4 is 11.6 Å². The fraction of sp³-hybridized carbons (Fsp3) is 0.625. The van der Waals surface area contributed by atoms with Crippen molar-refractivity contribution in [3.8, 4) is 0 Å². The molecule has 1 aromatic carbocycles. The van der Waals surface area contributed by atoms with Gasteiger partial charge in [-0.05, 0) is 36.5 Å². The maximum atomic E-state index is 6.18. The Kier molecular flexibility index (Phi) is 5.26. The van der Waals surface area contributed by atoms with Crippen molar-refractivity contribution in [2.75, 3.05) is 26.8 Å². The van der Waals surface area contributed by atoms with Crippen LogP contribution in [-0.4, -0.2) is 26.8 Å². The molecule has 0 spiro atoms. The van der Waals surface area contributed by atoms with E-state index in [1.807, 2.05) is 6.07 Å².